The van der Waals surface area contributed by atoms with Crippen molar-refractivity contribution >= 4 is 11.7 Å². The van der Waals surface area contributed by atoms with Gasteiger partial charge in [-0.3, -0.25) is 4.79 Å². The smallest absolute Gasteiger partial charge is 0.258 e. The molecule has 3 N–H and O–H groups in total. The Morgan fingerprint density at radius 2 is 2.00 bits per heavy atom. The standard InChI is InChI=1S/C17H17N3O/c1-12-5-7-15(14(10-12)4-3-9-18)17(21)20-16-8-6-13(2)11-19-16/h5-8,10-11H,9,18H2,1-2H3,(H,19,20,21). The Morgan fingerprint density at radius 3 is 2.67 bits per heavy atom. The highest BCUT2D eigenvalue weighted by molar-refractivity contribution is 6.05. The Hall–Kier alpha value is -2.64. The van der Waals surface area contributed by atoms with E-state index in [0.717, 1.165) is 11.1 Å². The number of nitrogens with one attached hydrogen (secondary N) is 1. The molecule has 1 aromatic carbocycles. The van der Waals surface area contributed by atoms with Gasteiger partial charge in [0.1, 0.15) is 5.82 Å². The van der Waals surface area contributed by atoms with E-state index in [1.165, 1.54) is 0 Å². The maximum Gasteiger partial charge on any atom is 0.258 e. The number of nitrogens with two attached hydrogens (primary N) is 1. The van der Waals surface area contributed by atoms with Gasteiger partial charge in [-0.15, -0.1) is 0 Å². The molecule has 1 heterocycles. The Labute approximate surface area is 124 Å². The molecule has 0 unspecified atom stereocenters. The van der Waals surface area contributed by atoms with Crippen molar-refractivity contribution in [3.05, 3.63) is 58.8 Å². The molecule has 0 fully saturated rings. The zero-order chi connectivity index (χ0) is 15.2. The summed E-state index contributed by atoms with van der Waals surface area (Å²) in [5, 5.41) is 2.77. The van der Waals surface area contributed by atoms with Gasteiger partial charge >= 0.3 is 0 Å². The normalized spacial score (nSPS) is 9.67. The van der Waals surface area contributed by atoms with E-state index in [1.807, 2.05) is 32.0 Å². The van der Waals surface area contributed by atoms with Gasteiger partial charge < -0.3 is 11.1 Å². The summed E-state index contributed by atoms with van der Waals surface area (Å²) in [6.07, 6.45) is 1.71. The fourth-order valence-corrected chi connectivity index (χ4v) is 1.83. The van der Waals surface area contributed by atoms with Crippen molar-refractivity contribution in [2.24, 2.45) is 5.73 Å². The van der Waals surface area contributed by atoms with Crippen molar-refractivity contribution in [2.75, 3.05) is 11.9 Å². The highest BCUT2D eigenvalue weighted by atomic mass is 16.1. The van der Waals surface area contributed by atoms with Crippen molar-refractivity contribution in [1.29, 1.82) is 0 Å². The molecule has 4 nitrogen and oxygen atoms in total. The van der Waals surface area contributed by atoms with Crippen LogP contribution in [0, 0.1) is 25.7 Å². The maximum absolute atomic E-state index is 12.3. The van der Waals surface area contributed by atoms with Gasteiger partial charge in [-0.1, -0.05) is 24.0 Å². The van der Waals surface area contributed by atoms with Gasteiger partial charge in [0.15, 0.2) is 0 Å². The number of carbonyl (C=O) groups excluding carboxylic acids is 1. The Balaban J connectivity index is 2.28. The molecule has 4 heteroatoms. The summed E-state index contributed by atoms with van der Waals surface area (Å²) in [6, 6.07) is 9.18. The topological polar surface area (TPSA) is 68.0 Å². The average molecular weight is 279 g/mol. The number of anilines is 1. The van der Waals surface area contributed by atoms with Crippen LogP contribution in [-0.2, 0) is 0 Å². The second-order valence-electron chi connectivity index (χ2n) is 4.73. The zero-order valence-corrected chi connectivity index (χ0v) is 12.1. The minimum absolute atomic E-state index is 0.229. The van der Waals surface area contributed by atoms with E-state index in [9.17, 15) is 4.79 Å². The monoisotopic (exact) mass is 279 g/mol. The van der Waals surface area contributed by atoms with Crippen LogP contribution in [0.3, 0.4) is 0 Å². The van der Waals surface area contributed by atoms with Gasteiger partial charge in [-0.2, -0.15) is 0 Å². The first-order valence-electron chi connectivity index (χ1n) is 6.64. The van der Waals surface area contributed by atoms with E-state index in [4.69, 9.17) is 5.73 Å². The number of pyridine rings is 1. The zero-order valence-electron chi connectivity index (χ0n) is 12.1. The van der Waals surface area contributed by atoms with Crippen LogP contribution in [0.2, 0.25) is 0 Å². The van der Waals surface area contributed by atoms with Crippen molar-refractivity contribution in [3.8, 4) is 11.8 Å². The van der Waals surface area contributed by atoms with Crippen LogP contribution in [0.5, 0.6) is 0 Å². The van der Waals surface area contributed by atoms with Crippen molar-refractivity contribution in [2.45, 2.75) is 13.8 Å². The summed E-state index contributed by atoms with van der Waals surface area (Å²) in [5.74, 6) is 6.00. The number of hydrogen-bond donors (Lipinski definition) is 2. The molecule has 0 aliphatic heterocycles. The largest absolute Gasteiger partial charge is 0.320 e. The number of aromatic nitrogens is 1. The molecule has 0 bridgehead atoms. The molecule has 0 saturated heterocycles. The molecule has 0 radical (unpaired) electrons. The Bertz CT molecular complexity index is 709. The molecule has 2 aromatic rings. The summed E-state index contributed by atoms with van der Waals surface area (Å²) in [5.41, 5.74) is 8.67. The lowest BCUT2D eigenvalue weighted by molar-refractivity contribution is 0.102. The van der Waals surface area contributed by atoms with Gasteiger partial charge in [0.25, 0.3) is 5.91 Å². The summed E-state index contributed by atoms with van der Waals surface area (Å²) < 4.78 is 0. The van der Waals surface area contributed by atoms with Crippen molar-refractivity contribution in [3.63, 3.8) is 0 Å². The number of nitrogens with zero attached hydrogens (tertiary/aromatic N) is 1. The van der Waals surface area contributed by atoms with Crippen LogP contribution < -0.4 is 11.1 Å². The first-order valence-corrected chi connectivity index (χ1v) is 6.64. The fourth-order valence-electron chi connectivity index (χ4n) is 1.83. The third-order valence-corrected chi connectivity index (χ3v) is 2.90. The molecule has 0 atom stereocenters. The molecule has 0 aliphatic rings. The summed E-state index contributed by atoms with van der Waals surface area (Å²) >= 11 is 0. The highest BCUT2D eigenvalue weighted by Gasteiger charge is 2.11. The second kappa shape index (κ2) is 6.69. The van der Waals surface area contributed by atoms with Crippen LogP contribution in [0.4, 0.5) is 5.82 Å². The molecule has 1 aromatic heterocycles. The van der Waals surface area contributed by atoms with Crippen LogP contribution in [0.25, 0.3) is 0 Å². The molecule has 2 rings (SSSR count). The van der Waals surface area contributed by atoms with E-state index in [2.05, 4.69) is 22.1 Å². The molecular weight excluding hydrogens is 262 g/mol. The summed E-state index contributed by atoms with van der Waals surface area (Å²) in [4.78, 5) is 16.5. The molecule has 0 aliphatic carbocycles. The molecule has 0 saturated carbocycles. The van der Waals surface area contributed by atoms with Gasteiger partial charge in [0, 0.05) is 11.8 Å². The third kappa shape index (κ3) is 3.91. The Morgan fingerprint density at radius 1 is 1.24 bits per heavy atom. The molecule has 1 amide bonds. The number of carbonyl (C=O) groups is 1. The number of hydrogen-bond acceptors (Lipinski definition) is 3. The SMILES string of the molecule is Cc1ccc(NC(=O)c2ccc(C)cc2C#CCN)nc1. The lowest BCUT2D eigenvalue weighted by Gasteiger charge is -2.07. The molecular formula is C17H17N3O. The van der Waals surface area contributed by atoms with Gasteiger partial charge in [-0.25, -0.2) is 4.98 Å². The predicted molar refractivity (Wildman–Crippen MR) is 84.0 cm³/mol. The molecule has 106 valence electrons. The number of benzene rings is 1. The summed E-state index contributed by atoms with van der Waals surface area (Å²) in [6.45, 7) is 4.16. The first-order chi connectivity index (χ1) is 10.1. The van der Waals surface area contributed by atoms with Gasteiger partial charge in [0.2, 0.25) is 0 Å². The molecule has 21 heavy (non-hydrogen) atoms. The minimum Gasteiger partial charge on any atom is -0.320 e. The minimum atomic E-state index is -0.229. The average Bonchev–Trinajstić information content (AvgIpc) is 2.47. The van der Waals surface area contributed by atoms with E-state index in [-0.39, 0.29) is 12.5 Å². The first kappa shape index (κ1) is 14.8. The number of amides is 1. The highest BCUT2D eigenvalue weighted by Crippen LogP contribution is 2.13. The van der Waals surface area contributed by atoms with Crippen molar-refractivity contribution < 1.29 is 4.79 Å². The second-order valence-corrected chi connectivity index (χ2v) is 4.73. The number of aryl methyl sites for hydroxylation is 2. The van der Waals surface area contributed by atoms with Crippen LogP contribution in [-0.4, -0.2) is 17.4 Å². The van der Waals surface area contributed by atoms with Crippen LogP contribution in [0.15, 0.2) is 36.5 Å². The molecule has 0 spiro atoms. The Kier molecular flexibility index (Phi) is 4.70. The lowest BCUT2D eigenvalue weighted by atomic mass is 10.0. The maximum atomic E-state index is 12.3. The van der Waals surface area contributed by atoms with Gasteiger partial charge in [-0.05, 0) is 43.2 Å². The lowest BCUT2D eigenvalue weighted by Crippen LogP contribution is -2.14. The fraction of sp³-hybridized carbons (Fsp3) is 0.176. The van der Waals surface area contributed by atoms with Crippen molar-refractivity contribution in [1.82, 2.24) is 4.98 Å². The van der Waals surface area contributed by atoms with E-state index < -0.39 is 0 Å². The summed E-state index contributed by atoms with van der Waals surface area (Å²) in [7, 11) is 0. The predicted octanol–water partition coefficient (Wildman–Crippen LogP) is 2.26. The van der Waals surface area contributed by atoms with E-state index in [1.54, 1.807) is 18.3 Å². The van der Waals surface area contributed by atoms with Crippen LogP contribution in [0.1, 0.15) is 27.0 Å². The van der Waals surface area contributed by atoms with Gasteiger partial charge in [0.05, 0.1) is 12.1 Å². The van der Waals surface area contributed by atoms with E-state index >= 15 is 0 Å². The van der Waals surface area contributed by atoms with Crippen LogP contribution >= 0.6 is 0 Å². The van der Waals surface area contributed by atoms with E-state index in [0.29, 0.717) is 16.9 Å². The quantitative estimate of drug-likeness (QED) is 0.829. The third-order valence-electron chi connectivity index (χ3n) is 2.90. The number of rotatable bonds is 2.